The zero-order valence-corrected chi connectivity index (χ0v) is 22.0. The molecule has 2 aromatic rings. The number of rotatable bonds is 6. The number of nitrogens with two attached hydrogens (primary N) is 1. The number of benzene rings is 2. The Kier molecular flexibility index (Phi) is 7.23. The van der Waals surface area contributed by atoms with Crippen LogP contribution in [0.5, 0.6) is 5.75 Å². The molecule has 1 heterocycles. The van der Waals surface area contributed by atoms with Gasteiger partial charge in [-0.3, -0.25) is 4.79 Å². The number of Topliss-reactive ketones (excluding diaryl/α,β-unsaturated/α-hetero) is 1. The summed E-state index contributed by atoms with van der Waals surface area (Å²) in [5, 5.41) is 9.45. The van der Waals surface area contributed by atoms with Crippen LogP contribution in [-0.4, -0.2) is 18.4 Å². The summed E-state index contributed by atoms with van der Waals surface area (Å²) in [5.74, 6) is -0.741. The molecule has 7 nitrogen and oxygen atoms in total. The second-order valence-electron chi connectivity index (χ2n) is 9.55. The molecule has 1 unspecified atom stereocenters. The van der Waals surface area contributed by atoms with Crippen molar-refractivity contribution in [2.45, 2.75) is 46.1 Å². The van der Waals surface area contributed by atoms with Crippen LogP contribution in [0, 0.1) is 16.7 Å². The summed E-state index contributed by atoms with van der Waals surface area (Å²) in [5.41, 5.74) is 8.26. The fourth-order valence-electron chi connectivity index (χ4n) is 4.69. The van der Waals surface area contributed by atoms with Crippen LogP contribution >= 0.6 is 15.9 Å². The molecule has 0 amide bonds. The highest BCUT2D eigenvalue weighted by Gasteiger charge is 2.46. The highest BCUT2D eigenvalue weighted by atomic mass is 79.9. The average molecular weight is 551 g/mol. The number of carbonyl (C=O) groups is 2. The molecule has 2 aliphatic rings. The maximum atomic E-state index is 13.5. The van der Waals surface area contributed by atoms with E-state index in [1.165, 1.54) is 0 Å². The minimum atomic E-state index is -0.824. The Balaban J connectivity index is 1.85. The van der Waals surface area contributed by atoms with E-state index in [2.05, 4.69) is 22.0 Å². The molecule has 0 radical (unpaired) electrons. The molecular weight excluding hydrogens is 524 g/mol. The third-order valence-electron chi connectivity index (χ3n) is 6.25. The maximum Gasteiger partial charge on any atom is 0.340 e. The van der Waals surface area contributed by atoms with Crippen molar-refractivity contribution in [1.82, 2.24) is 0 Å². The van der Waals surface area contributed by atoms with Gasteiger partial charge in [-0.2, -0.15) is 5.26 Å². The van der Waals surface area contributed by atoms with Crippen LogP contribution in [0.4, 0.5) is 0 Å². The number of ether oxygens (including phenoxy) is 3. The SMILES string of the molecule is CCOC(=O)C1=C(N)OC2=C(C(=O)CC(C)(C)C2)C1c1cc(Br)ccc1OCc1ccccc1C#N. The summed E-state index contributed by atoms with van der Waals surface area (Å²) >= 11 is 3.51. The molecule has 8 heteroatoms. The Hall–Kier alpha value is -3.57. The Morgan fingerprint density at radius 2 is 2.00 bits per heavy atom. The van der Waals surface area contributed by atoms with Gasteiger partial charge in [0.05, 0.1) is 24.2 Å². The number of allylic oxidation sites excluding steroid dienone is 2. The number of carbonyl (C=O) groups excluding carboxylic acids is 2. The molecule has 2 aromatic carbocycles. The predicted molar refractivity (Wildman–Crippen MR) is 136 cm³/mol. The third kappa shape index (κ3) is 5.02. The molecular formula is C28H27BrN2O5. The van der Waals surface area contributed by atoms with Crippen LogP contribution in [-0.2, 0) is 25.7 Å². The summed E-state index contributed by atoms with van der Waals surface area (Å²) in [6, 6.07) is 14.7. The van der Waals surface area contributed by atoms with Gasteiger partial charge in [0, 0.05) is 34.0 Å². The second kappa shape index (κ2) is 10.2. The molecule has 1 atom stereocenters. The molecule has 186 valence electrons. The summed E-state index contributed by atoms with van der Waals surface area (Å²) in [7, 11) is 0. The molecule has 1 aliphatic carbocycles. The average Bonchev–Trinajstić information content (AvgIpc) is 2.81. The fraction of sp³-hybridized carbons (Fsp3) is 0.321. The molecule has 2 N–H and O–H groups in total. The molecule has 0 saturated heterocycles. The van der Waals surface area contributed by atoms with Crippen molar-refractivity contribution >= 4 is 27.7 Å². The largest absolute Gasteiger partial charge is 0.489 e. The van der Waals surface area contributed by atoms with E-state index >= 15 is 0 Å². The van der Waals surface area contributed by atoms with Gasteiger partial charge in [-0.25, -0.2) is 4.79 Å². The van der Waals surface area contributed by atoms with Gasteiger partial charge < -0.3 is 19.9 Å². The third-order valence-corrected chi connectivity index (χ3v) is 6.75. The number of halogens is 1. The van der Waals surface area contributed by atoms with E-state index in [0.717, 1.165) is 10.0 Å². The lowest BCUT2D eigenvalue weighted by Crippen LogP contribution is -2.35. The van der Waals surface area contributed by atoms with Crippen LogP contribution < -0.4 is 10.5 Å². The minimum Gasteiger partial charge on any atom is -0.489 e. The predicted octanol–water partition coefficient (Wildman–Crippen LogP) is 5.39. The van der Waals surface area contributed by atoms with Gasteiger partial charge >= 0.3 is 5.97 Å². The zero-order chi connectivity index (χ0) is 26.0. The zero-order valence-electron chi connectivity index (χ0n) is 20.4. The Morgan fingerprint density at radius 1 is 1.25 bits per heavy atom. The summed E-state index contributed by atoms with van der Waals surface area (Å²) in [6.07, 6.45) is 0.808. The highest BCUT2D eigenvalue weighted by molar-refractivity contribution is 9.10. The van der Waals surface area contributed by atoms with Gasteiger partial charge in [0.1, 0.15) is 23.7 Å². The van der Waals surface area contributed by atoms with Crippen molar-refractivity contribution in [2.75, 3.05) is 6.61 Å². The van der Waals surface area contributed by atoms with E-state index in [-0.39, 0.29) is 35.9 Å². The number of esters is 1. The topological polar surface area (TPSA) is 112 Å². The van der Waals surface area contributed by atoms with Crippen LogP contribution in [0.25, 0.3) is 0 Å². The normalized spacial score (nSPS) is 18.8. The smallest absolute Gasteiger partial charge is 0.340 e. The lowest BCUT2D eigenvalue weighted by Gasteiger charge is -2.38. The van der Waals surface area contributed by atoms with Crippen molar-refractivity contribution in [3.8, 4) is 11.8 Å². The van der Waals surface area contributed by atoms with E-state index in [9.17, 15) is 14.9 Å². The first-order valence-corrected chi connectivity index (χ1v) is 12.5. The quantitative estimate of drug-likeness (QED) is 0.479. The van der Waals surface area contributed by atoms with Crippen molar-refractivity contribution in [3.63, 3.8) is 0 Å². The number of ketones is 1. The van der Waals surface area contributed by atoms with Crippen LogP contribution in [0.2, 0.25) is 0 Å². The van der Waals surface area contributed by atoms with Crippen LogP contribution in [0.15, 0.2) is 69.7 Å². The molecule has 0 aromatic heterocycles. The van der Waals surface area contributed by atoms with Gasteiger partial charge in [0.15, 0.2) is 5.78 Å². The standard InChI is InChI=1S/C28H27BrN2O5/c1-4-34-27(33)25-23(24-20(32)12-28(2,3)13-22(24)36-26(25)31)19-11-18(29)9-10-21(19)35-15-17-8-6-5-7-16(17)14-30/h5-11,23H,4,12-13,15,31H2,1-3H3. The maximum absolute atomic E-state index is 13.5. The molecule has 4 rings (SSSR count). The summed E-state index contributed by atoms with van der Waals surface area (Å²) in [4.78, 5) is 26.6. The van der Waals surface area contributed by atoms with E-state index in [0.29, 0.717) is 41.1 Å². The molecule has 0 saturated carbocycles. The molecule has 0 fully saturated rings. The Morgan fingerprint density at radius 3 is 2.72 bits per heavy atom. The van der Waals surface area contributed by atoms with Crippen molar-refractivity contribution in [1.29, 1.82) is 5.26 Å². The monoisotopic (exact) mass is 550 g/mol. The van der Waals surface area contributed by atoms with E-state index in [1.54, 1.807) is 25.1 Å². The van der Waals surface area contributed by atoms with Gasteiger partial charge in [-0.15, -0.1) is 0 Å². The first-order valence-electron chi connectivity index (χ1n) is 11.7. The first kappa shape index (κ1) is 25.5. The van der Waals surface area contributed by atoms with Gasteiger partial charge in [0.25, 0.3) is 0 Å². The minimum absolute atomic E-state index is 0.0732. The lowest BCUT2D eigenvalue weighted by atomic mass is 9.70. The van der Waals surface area contributed by atoms with Crippen LogP contribution in [0.3, 0.4) is 0 Å². The molecule has 36 heavy (non-hydrogen) atoms. The lowest BCUT2D eigenvalue weighted by molar-refractivity contribution is -0.139. The van der Waals surface area contributed by atoms with Crippen molar-refractivity contribution in [2.24, 2.45) is 11.1 Å². The van der Waals surface area contributed by atoms with Gasteiger partial charge in [-0.05, 0) is 36.6 Å². The first-order chi connectivity index (χ1) is 17.1. The fourth-order valence-corrected chi connectivity index (χ4v) is 5.07. The molecule has 0 spiro atoms. The van der Waals surface area contributed by atoms with Crippen LogP contribution in [0.1, 0.15) is 56.2 Å². The Bertz CT molecular complexity index is 1340. The van der Waals surface area contributed by atoms with E-state index < -0.39 is 11.9 Å². The molecule has 0 bridgehead atoms. The number of nitriles is 1. The van der Waals surface area contributed by atoms with E-state index in [1.807, 2.05) is 38.1 Å². The van der Waals surface area contributed by atoms with Crippen molar-refractivity contribution in [3.05, 3.63) is 86.4 Å². The van der Waals surface area contributed by atoms with E-state index in [4.69, 9.17) is 19.9 Å². The number of hydrogen-bond acceptors (Lipinski definition) is 7. The Labute approximate surface area is 218 Å². The number of nitrogens with zero attached hydrogens (tertiary/aromatic N) is 1. The summed E-state index contributed by atoms with van der Waals surface area (Å²) in [6.45, 7) is 5.96. The highest BCUT2D eigenvalue weighted by Crippen LogP contribution is 2.50. The van der Waals surface area contributed by atoms with Gasteiger partial charge in [0.2, 0.25) is 5.88 Å². The summed E-state index contributed by atoms with van der Waals surface area (Å²) < 4.78 is 18.1. The number of hydrogen-bond donors (Lipinski definition) is 1. The molecule has 1 aliphatic heterocycles. The van der Waals surface area contributed by atoms with Crippen molar-refractivity contribution < 1.29 is 23.8 Å². The second-order valence-corrected chi connectivity index (χ2v) is 10.5. The van der Waals surface area contributed by atoms with Gasteiger partial charge in [-0.1, -0.05) is 48.0 Å².